The number of nitrogens with one attached hydrogen (secondary N) is 1. The SMILES string of the molecule is CC(Oc1ccc(Cl)cc1Br)C(=O)NC(CN1CCN(C)CC1)c1ccccc1. The predicted octanol–water partition coefficient (Wildman–Crippen LogP) is 3.97. The number of benzene rings is 2. The Morgan fingerprint density at radius 2 is 1.86 bits per heavy atom. The third kappa shape index (κ3) is 6.44. The average molecular weight is 481 g/mol. The molecule has 1 saturated heterocycles. The summed E-state index contributed by atoms with van der Waals surface area (Å²) < 4.78 is 6.59. The molecule has 5 nitrogen and oxygen atoms in total. The van der Waals surface area contributed by atoms with Gasteiger partial charge in [-0.2, -0.15) is 0 Å². The van der Waals surface area contributed by atoms with Crippen molar-refractivity contribution in [3.63, 3.8) is 0 Å². The van der Waals surface area contributed by atoms with E-state index in [-0.39, 0.29) is 11.9 Å². The fourth-order valence-electron chi connectivity index (χ4n) is 3.31. The van der Waals surface area contributed by atoms with Crippen molar-refractivity contribution in [3.8, 4) is 5.75 Å². The number of rotatable bonds is 7. The number of piperazine rings is 1. The quantitative estimate of drug-likeness (QED) is 0.651. The van der Waals surface area contributed by atoms with E-state index in [4.69, 9.17) is 16.3 Å². The number of hydrogen-bond donors (Lipinski definition) is 1. The fraction of sp³-hybridized carbons (Fsp3) is 0.409. The van der Waals surface area contributed by atoms with Gasteiger partial charge in [0.2, 0.25) is 0 Å². The molecular weight excluding hydrogens is 454 g/mol. The Morgan fingerprint density at radius 1 is 1.17 bits per heavy atom. The first-order chi connectivity index (χ1) is 13.9. The summed E-state index contributed by atoms with van der Waals surface area (Å²) in [6.07, 6.45) is -0.633. The molecule has 0 saturated carbocycles. The minimum atomic E-state index is -0.633. The van der Waals surface area contributed by atoms with Crippen LogP contribution in [0.25, 0.3) is 0 Å². The van der Waals surface area contributed by atoms with Gasteiger partial charge >= 0.3 is 0 Å². The lowest BCUT2D eigenvalue weighted by Crippen LogP contribution is -2.49. The molecule has 0 aliphatic carbocycles. The molecule has 1 heterocycles. The molecule has 1 fully saturated rings. The Labute approximate surface area is 186 Å². The Balaban J connectivity index is 1.66. The molecule has 29 heavy (non-hydrogen) atoms. The summed E-state index contributed by atoms with van der Waals surface area (Å²) in [5.74, 6) is 0.446. The zero-order valence-corrected chi connectivity index (χ0v) is 19.1. The summed E-state index contributed by atoms with van der Waals surface area (Å²) in [5.41, 5.74) is 1.10. The van der Waals surface area contributed by atoms with Crippen molar-refractivity contribution in [1.29, 1.82) is 0 Å². The standard InChI is InChI=1S/C22H27BrClN3O2/c1-16(29-21-9-8-18(24)14-19(21)23)22(28)25-20(17-6-4-3-5-7-17)15-27-12-10-26(2)11-13-27/h3-9,14,16,20H,10-13,15H2,1-2H3,(H,25,28). The number of hydrogen-bond acceptors (Lipinski definition) is 4. The minimum Gasteiger partial charge on any atom is -0.480 e. The molecule has 1 N–H and O–H groups in total. The smallest absolute Gasteiger partial charge is 0.261 e. The maximum atomic E-state index is 12.9. The maximum Gasteiger partial charge on any atom is 0.261 e. The fourth-order valence-corrected chi connectivity index (χ4v) is 4.09. The van der Waals surface area contributed by atoms with Crippen LogP contribution < -0.4 is 10.1 Å². The first kappa shape index (κ1) is 22.1. The van der Waals surface area contributed by atoms with Gasteiger partial charge in [-0.3, -0.25) is 9.69 Å². The van der Waals surface area contributed by atoms with Crippen LogP contribution in [0.4, 0.5) is 0 Å². The molecule has 0 aromatic heterocycles. The number of nitrogens with zero attached hydrogens (tertiary/aromatic N) is 2. The molecule has 1 aliphatic rings. The Bertz CT molecular complexity index is 813. The zero-order valence-electron chi connectivity index (χ0n) is 16.8. The summed E-state index contributed by atoms with van der Waals surface area (Å²) in [4.78, 5) is 17.6. The highest BCUT2D eigenvalue weighted by Crippen LogP contribution is 2.29. The first-order valence-electron chi connectivity index (χ1n) is 9.80. The lowest BCUT2D eigenvalue weighted by Gasteiger charge is -2.35. The topological polar surface area (TPSA) is 44.8 Å². The summed E-state index contributed by atoms with van der Waals surface area (Å²) in [6, 6.07) is 15.3. The van der Waals surface area contributed by atoms with E-state index in [1.54, 1.807) is 25.1 Å². The van der Waals surface area contributed by atoms with E-state index in [9.17, 15) is 4.79 Å². The number of carbonyl (C=O) groups excluding carboxylic acids is 1. The highest BCUT2D eigenvalue weighted by molar-refractivity contribution is 9.10. The van der Waals surface area contributed by atoms with E-state index in [1.165, 1.54) is 0 Å². The molecular formula is C22H27BrClN3O2. The summed E-state index contributed by atoms with van der Waals surface area (Å²) in [5, 5.41) is 3.79. The number of likely N-dealkylation sites (N-methyl/N-ethyl adjacent to an activating group) is 1. The van der Waals surface area contributed by atoms with Gasteiger partial charge in [-0.1, -0.05) is 41.9 Å². The first-order valence-corrected chi connectivity index (χ1v) is 11.0. The average Bonchev–Trinajstić information content (AvgIpc) is 2.71. The summed E-state index contributed by atoms with van der Waals surface area (Å²) >= 11 is 9.41. The number of ether oxygens (including phenoxy) is 1. The molecule has 0 bridgehead atoms. The van der Waals surface area contributed by atoms with E-state index < -0.39 is 6.10 Å². The van der Waals surface area contributed by atoms with Crippen LogP contribution in [0, 0.1) is 0 Å². The molecule has 7 heteroatoms. The van der Waals surface area contributed by atoms with Gasteiger partial charge in [0, 0.05) is 37.7 Å². The summed E-state index contributed by atoms with van der Waals surface area (Å²) in [6.45, 7) is 6.62. The van der Waals surface area contributed by atoms with Crippen molar-refractivity contribution >= 4 is 33.4 Å². The van der Waals surface area contributed by atoms with Gasteiger partial charge in [0.15, 0.2) is 6.10 Å². The number of carbonyl (C=O) groups is 1. The third-order valence-electron chi connectivity index (χ3n) is 5.12. The Kier molecular flexibility index (Phi) is 7.95. The highest BCUT2D eigenvalue weighted by atomic mass is 79.9. The second-order valence-electron chi connectivity index (χ2n) is 7.41. The van der Waals surface area contributed by atoms with Crippen LogP contribution in [0.5, 0.6) is 5.75 Å². The van der Waals surface area contributed by atoms with E-state index in [0.717, 1.165) is 42.8 Å². The van der Waals surface area contributed by atoms with E-state index in [1.807, 2.05) is 18.2 Å². The van der Waals surface area contributed by atoms with Gasteiger partial charge in [0.1, 0.15) is 5.75 Å². The van der Waals surface area contributed by atoms with Crippen molar-refractivity contribution < 1.29 is 9.53 Å². The van der Waals surface area contributed by atoms with Gasteiger partial charge in [0.05, 0.1) is 10.5 Å². The highest BCUT2D eigenvalue weighted by Gasteiger charge is 2.24. The van der Waals surface area contributed by atoms with Gasteiger partial charge in [-0.15, -0.1) is 0 Å². The normalized spacial score (nSPS) is 17.5. The molecule has 1 aliphatic heterocycles. The predicted molar refractivity (Wildman–Crippen MR) is 121 cm³/mol. The Hall–Kier alpha value is -1.60. The zero-order chi connectivity index (χ0) is 20.8. The molecule has 2 aromatic carbocycles. The van der Waals surface area contributed by atoms with Crippen LogP contribution in [-0.4, -0.2) is 61.6 Å². The van der Waals surface area contributed by atoms with Crippen LogP contribution in [0.1, 0.15) is 18.5 Å². The third-order valence-corrected chi connectivity index (χ3v) is 5.98. The largest absolute Gasteiger partial charge is 0.480 e. The molecule has 0 spiro atoms. The van der Waals surface area contributed by atoms with Gasteiger partial charge in [-0.25, -0.2) is 0 Å². The van der Waals surface area contributed by atoms with Gasteiger partial charge in [0.25, 0.3) is 5.91 Å². The van der Waals surface area contributed by atoms with Crippen LogP contribution in [0.15, 0.2) is 53.0 Å². The Morgan fingerprint density at radius 3 is 2.52 bits per heavy atom. The van der Waals surface area contributed by atoms with Crippen LogP contribution in [0.3, 0.4) is 0 Å². The van der Waals surface area contributed by atoms with Crippen molar-refractivity contribution in [2.75, 3.05) is 39.8 Å². The monoisotopic (exact) mass is 479 g/mol. The molecule has 0 radical (unpaired) electrons. The van der Waals surface area contributed by atoms with Crippen LogP contribution >= 0.6 is 27.5 Å². The number of amides is 1. The van der Waals surface area contributed by atoms with E-state index in [2.05, 4.69) is 50.2 Å². The molecule has 2 unspecified atom stereocenters. The van der Waals surface area contributed by atoms with E-state index in [0.29, 0.717) is 10.8 Å². The van der Waals surface area contributed by atoms with Crippen molar-refractivity contribution in [1.82, 2.24) is 15.1 Å². The molecule has 156 valence electrons. The maximum absolute atomic E-state index is 12.9. The number of halogens is 2. The van der Waals surface area contributed by atoms with Gasteiger partial charge < -0.3 is 15.0 Å². The lowest BCUT2D eigenvalue weighted by atomic mass is 10.1. The molecule has 1 amide bonds. The molecule has 2 aromatic rings. The molecule has 3 rings (SSSR count). The lowest BCUT2D eigenvalue weighted by molar-refractivity contribution is -0.128. The van der Waals surface area contributed by atoms with Crippen molar-refractivity contribution in [3.05, 3.63) is 63.6 Å². The van der Waals surface area contributed by atoms with Crippen molar-refractivity contribution in [2.24, 2.45) is 0 Å². The second kappa shape index (κ2) is 10.4. The van der Waals surface area contributed by atoms with E-state index >= 15 is 0 Å². The van der Waals surface area contributed by atoms with Crippen molar-refractivity contribution in [2.45, 2.75) is 19.1 Å². The molecule has 2 atom stereocenters. The minimum absolute atomic E-state index is 0.0909. The van der Waals surface area contributed by atoms with Crippen LogP contribution in [0.2, 0.25) is 5.02 Å². The summed E-state index contributed by atoms with van der Waals surface area (Å²) in [7, 11) is 2.14. The van der Waals surface area contributed by atoms with Crippen LogP contribution in [-0.2, 0) is 4.79 Å². The van der Waals surface area contributed by atoms with Gasteiger partial charge in [-0.05, 0) is 53.7 Å². The second-order valence-corrected chi connectivity index (χ2v) is 8.70.